The molecule has 5 aromatic rings. The Balaban J connectivity index is 1.36. The van der Waals surface area contributed by atoms with Crippen LogP contribution >= 0.6 is 11.3 Å². The SMILES string of the molecule is COC(=O)c1ccc(/C=c2\s/c(=C(/C#N)C(=O)N3CCN(C(c4ccccc4)c4ccccc4)CC3)n(-c3ccc(C)cc3)c2=O)cc1. The highest BCUT2D eigenvalue weighted by Gasteiger charge is 2.30. The molecule has 0 radical (unpaired) electrons. The van der Waals surface area contributed by atoms with Gasteiger partial charge in [0.25, 0.3) is 11.5 Å². The van der Waals surface area contributed by atoms with E-state index in [1.165, 1.54) is 22.8 Å². The minimum atomic E-state index is -0.454. The molecule has 240 valence electrons. The third-order valence-electron chi connectivity index (χ3n) is 8.48. The van der Waals surface area contributed by atoms with E-state index < -0.39 is 11.9 Å². The largest absolute Gasteiger partial charge is 0.465 e. The molecular formula is C39H34N4O4S. The van der Waals surface area contributed by atoms with Crippen LogP contribution in [0.3, 0.4) is 0 Å². The van der Waals surface area contributed by atoms with Gasteiger partial charge < -0.3 is 9.64 Å². The number of thiazole rings is 1. The van der Waals surface area contributed by atoms with E-state index in [-0.39, 0.29) is 21.8 Å². The second kappa shape index (κ2) is 14.5. The van der Waals surface area contributed by atoms with Crippen molar-refractivity contribution < 1.29 is 14.3 Å². The second-order valence-corrected chi connectivity index (χ2v) is 12.6. The summed E-state index contributed by atoms with van der Waals surface area (Å²) in [6.07, 6.45) is 1.70. The lowest BCUT2D eigenvalue weighted by molar-refractivity contribution is -0.126. The Hall–Kier alpha value is -5.56. The van der Waals surface area contributed by atoms with Crippen molar-refractivity contribution in [2.75, 3.05) is 33.3 Å². The molecule has 1 aliphatic rings. The van der Waals surface area contributed by atoms with Crippen molar-refractivity contribution >= 4 is 34.9 Å². The van der Waals surface area contributed by atoms with Gasteiger partial charge in [-0.15, -0.1) is 11.3 Å². The second-order valence-electron chi connectivity index (χ2n) is 11.5. The van der Waals surface area contributed by atoms with Gasteiger partial charge in [-0.1, -0.05) is 90.5 Å². The van der Waals surface area contributed by atoms with E-state index in [4.69, 9.17) is 4.74 Å². The van der Waals surface area contributed by atoms with E-state index in [1.807, 2.05) is 67.6 Å². The summed E-state index contributed by atoms with van der Waals surface area (Å²) in [4.78, 5) is 44.0. The van der Waals surface area contributed by atoms with Gasteiger partial charge in [0.2, 0.25) is 0 Å². The smallest absolute Gasteiger partial charge is 0.337 e. The molecule has 6 rings (SSSR count). The molecule has 0 saturated carbocycles. The van der Waals surface area contributed by atoms with Crippen molar-refractivity contribution in [1.82, 2.24) is 14.4 Å². The Morgan fingerprint density at radius 2 is 1.42 bits per heavy atom. The molecule has 0 unspecified atom stereocenters. The Kier molecular flexibility index (Phi) is 9.76. The first-order chi connectivity index (χ1) is 23.4. The molecule has 4 aromatic carbocycles. The molecule has 1 aromatic heterocycles. The predicted molar refractivity (Wildman–Crippen MR) is 187 cm³/mol. The van der Waals surface area contributed by atoms with Crippen LogP contribution in [0, 0.1) is 18.3 Å². The highest BCUT2D eigenvalue weighted by Crippen LogP contribution is 2.29. The van der Waals surface area contributed by atoms with E-state index >= 15 is 0 Å². The quantitative estimate of drug-likeness (QED) is 0.241. The topological polar surface area (TPSA) is 95.6 Å². The zero-order valence-electron chi connectivity index (χ0n) is 26.7. The zero-order chi connectivity index (χ0) is 33.6. The van der Waals surface area contributed by atoms with Gasteiger partial charge in [-0.2, -0.15) is 5.26 Å². The Bertz CT molecular complexity index is 2100. The van der Waals surface area contributed by atoms with Gasteiger partial charge >= 0.3 is 5.97 Å². The Labute approximate surface area is 282 Å². The Morgan fingerprint density at radius 3 is 1.96 bits per heavy atom. The third-order valence-corrected chi connectivity index (χ3v) is 9.57. The molecule has 8 nitrogen and oxygen atoms in total. The molecule has 0 aliphatic carbocycles. The maximum absolute atomic E-state index is 14.1. The molecule has 1 saturated heterocycles. The predicted octanol–water partition coefficient (Wildman–Crippen LogP) is 4.43. The van der Waals surface area contributed by atoms with Crippen LogP contribution in [0.15, 0.2) is 114 Å². The van der Waals surface area contributed by atoms with Crippen molar-refractivity contribution in [2.45, 2.75) is 13.0 Å². The van der Waals surface area contributed by atoms with Gasteiger partial charge in [-0.3, -0.25) is 19.1 Å². The summed E-state index contributed by atoms with van der Waals surface area (Å²) in [6, 6.07) is 37.0. The number of nitriles is 1. The number of ether oxygens (including phenoxy) is 1. The lowest BCUT2D eigenvalue weighted by atomic mass is 9.96. The Morgan fingerprint density at radius 1 is 0.833 bits per heavy atom. The van der Waals surface area contributed by atoms with E-state index in [2.05, 4.69) is 35.2 Å². The first-order valence-electron chi connectivity index (χ1n) is 15.6. The molecule has 0 N–H and O–H groups in total. The zero-order valence-corrected chi connectivity index (χ0v) is 27.5. The number of hydrogen-bond acceptors (Lipinski definition) is 7. The summed E-state index contributed by atoms with van der Waals surface area (Å²) < 4.78 is 6.87. The number of carbonyl (C=O) groups is 2. The molecule has 9 heteroatoms. The fraction of sp³-hybridized carbons (Fsp3) is 0.179. The van der Waals surface area contributed by atoms with Gasteiger partial charge in [-0.05, 0) is 54.0 Å². The first-order valence-corrected chi connectivity index (χ1v) is 16.5. The third kappa shape index (κ3) is 6.76. The fourth-order valence-corrected chi connectivity index (χ4v) is 7.07. The summed E-state index contributed by atoms with van der Waals surface area (Å²) in [5, 5.41) is 10.4. The fourth-order valence-electron chi connectivity index (χ4n) is 5.98. The van der Waals surface area contributed by atoms with Gasteiger partial charge in [0.05, 0.1) is 28.9 Å². The van der Waals surface area contributed by atoms with Crippen LogP contribution in [0.25, 0.3) is 17.3 Å². The van der Waals surface area contributed by atoms with Crippen molar-refractivity contribution in [2.24, 2.45) is 0 Å². The number of benzene rings is 4. The number of rotatable bonds is 7. The standard InChI is InChI=1S/C39H34N4O4S/c1-27-13-19-32(20-14-27)43-37(45)34(25-28-15-17-31(18-16-28)39(46)47-2)48-38(43)33(26-40)36(44)42-23-21-41(22-24-42)35(29-9-5-3-6-10-29)30-11-7-4-8-12-30/h3-20,25,35H,21-24H2,1-2H3/b34-25-,38-33-. The number of methoxy groups -OCH3 is 1. The monoisotopic (exact) mass is 654 g/mol. The van der Waals surface area contributed by atoms with Crippen molar-refractivity contribution in [3.05, 3.63) is 157 Å². The molecule has 0 spiro atoms. The number of carbonyl (C=O) groups excluding carboxylic acids is 2. The maximum atomic E-state index is 14.1. The van der Waals surface area contributed by atoms with Crippen LogP contribution in [0.1, 0.15) is 38.7 Å². The van der Waals surface area contributed by atoms with Crippen molar-refractivity contribution in [1.29, 1.82) is 5.26 Å². The summed E-state index contributed by atoms with van der Waals surface area (Å²) in [6.45, 7) is 4.07. The number of amides is 1. The lowest BCUT2D eigenvalue weighted by Crippen LogP contribution is -2.50. The summed E-state index contributed by atoms with van der Waals surface area (Å²) in [5.74, 6) is -0.853. The van der Waals surface area contributed by atoms with Crippen LogP contribution < -0.4 is 14.8 Å². The summed E-state index contributed by atoms with van der Waals surface area (Å²) in [7, 11) is 1.32. The molecule has 48 heavy (non-hydrogen) atoms. The number of aromatic nitrogens is 1. The minimum Gasteiger partial charge on any atom is -0.465 e. The minimum absolute atomic E-state index is 0.0351. The lowest BCUT2D eigenvalue weighted by Gasteiger charge is -2.39. The summed E-state index contributed by atoms with van der Waals surface area (Å²) in [5.41, 5.74) is 4.61. The van der Waals surface area contributed by atoms with Crippen LogP contribution in [0.5, 0.6) is 0 Å². The normalized spacial score (nSPS) is 14.5. The molecule has 0 bridgehead atoms. The van der Waals surface area contributed by atoms with Gasteiger partial charge in [0.1, 0.15) is 10.7 Å². The van der Waals surface area contributed by atoms with Crippen LogP contribution in [0.4, 0.5) is 0 Å². The van der Waals surface area contributed by atoms with E-state index in [0.717, 1.165) is 16.9 Å². The highest BCUT2D eigenvalue weighted by molar-refractivity contribution is 7.07. The van der Waals surface area contributed by atoms with E-state index in [0.29, 0.717) is 47.5 Å². The molecule has 0 atom stereocenters. The number of piperazine rings is 1. The van der Waals surface area contributed by atoms with Crippen molar-refractivity contribution in [3.63, 3.8) is 0 Å². The van der Waals surface area contributed by atoms with Crippen LogP contribution in [-0.4, -0.2) is 59.5 Å². The van der Waals surface area contributed by atoms with Crippen molar-refractivity contribution in [3.8, 4) is 11.8 Å². The number of nitrogens with zero attached hydrogens (tertiary/aromatic N) is 4. The van der Waals surface area contributed by atoms with E-state index in [1.54, 1.807) is 35.2 Å². The highest BCUT2D eigenvalue weighted by atomic mass is 32.1. The maximum Gasteiger partial charge on any atom is 0.337 e. The number of aryl methyl sites for hydroxylation is 1. The van der Waals surface area contributed by atoms with Gasteiger partial charge in [-0.25, -0.2) is 4.79 Å². The van der Waals surface area contributed by atoms with Crippen LogP contribution in [0.2, 0.25) is 0 Å². The summed E-state index contributed by atoms with van der Waals surface area (Å²) >= 11 is 1.11. The molecular weight excluding hydrogens is 621 g/mol. The van der Waals surface area contributed by atoms with Gasteiger partial charge in [0, 0.05) is 26.2 Å². The van der Waals surface area contributed by atoms with E-state index in [9.17, 15) is 19.6 Å². The first kappa shape index (κ1) is 32.4. The molecule has 1 aliphatic heterocycles. The molecule has 2 heterocycles. The molecule has 1 fully saturated rings. The number of esters is 1. The average molecular weight is 655 g/mol. The van der Waals surface area contributed by atoms with Gasteiger partial charge in [0.15, 0.2) is 5.57 Å². The van der Waals surface area contributed by atoms with Crippen LogP contribution in [-0.2, 0) is 9.53 Å². The average Bonchev–Trinajstić information content (AvgIpc) is 3.44. The number of hydrogen-bond donors (Lipinski definition) is 0. The molecule has 1 amide bonds.